The van der Waals surface area contributed by atoms with Gasteiger partial charge in [0, 0.05) is 13.1 Å². The Hall–Kier alpha value is -2.35. The lowest BCUT2D eigenvalue weighted by atomic mass is 10.2. The number of carboxylic acids is 1. The Labute approximate surface area is 92.5 Å². The highest BCUT2D eigenvalue weighted by molar-refractivity contribution is 5.87. The van der Waals surface area contributed by atoms with Crippen LogP contribution in [0.15, 0.2) is 18.3 Å². The van der Waals surface area contributed by atoms with Gasteiger partial charge in [0.1, 0.15) is 5.69 Å². The summed E-state index contributed by atoms with van der Waals surface area (Å²) in [4.78, 5) is 25.1. The third-order valence-electron chi connectivity index (χ3n) is 1.65. The largest absolute Gasteiger partial charge is 0.478 e. The molecule has 0 unspecified atom stereocenters. The molecule has 82 valence electrons. The van der Waals surface area contributed by atoms with Crippen LogP contribution in [0.2, 0.25) is 0 Å². The zero-order valence-electron chi connectivity index (χ0n) is 8.65. The number of rotatable bonds is 2. The van der Waals surface area contributed by atoms with Gasteiger partial charge in [-0.25, -0.2) is 9.78 Å². The Morgan fingerprint density at radius 3 is 2.94 bits per heavy atom. The fourth-order valence-corrected chi connectivity index (χ4v) is 0.935. The number of aromatic nitrogens is 1. The first kappa shape index (κ1) is 11.7. The molecule has 0 aliphatic carbocycles. The molecule has 2 N–H and O–H groups in total. The van der Waals surface area contributed by atoms with E-state index in [1.807, 2.05) is 0 Å². The molecule has 1 aromatic rings. The highest BCUT2D eigenvalue weighted by atomic mass is 16.4. The third kappa shape index (κ3) is 3.80. The fraction of sp³-hybridized carbons (Fsp3) is 0.182. The van der Waals surface area contributed by atoms with Crippen LogP contribution in [0.25, 0.3) is 0 Å². The summed E-state index contributed by atoms with van der Waals surface area (Å²) < 4.78 is 0. The predicted octanol–water partition coefficient (Wildman–Crippen LogP) is 0.267. The fourth-order valence-electron chi connectivity index (χ4n) is 0.935. The summed E-state index contributed by atoms with van der Waals surface area (Å²) in [6, 6.07) is 2.77. The Morgan fingerprint density at radius 1 is 1.56 bits per heavy atom. The molecule has 1 heterocycles. The summed E-state index contributed by atoms with van der Waals surface area (Å²) in [5.41, 5.74) is 0.504. The molecule has 5 nitrogen and oxygen atoms in total. The van der Waals surface area contributed by atoms with Crippen molar-refractivity contribution >= 4 is 11.9 Å². The molecule has 0 radical (unpaired) electrons. The maximum atomic E-state index is 10.6. The summed E-state index contributed by atoms with van der Waals surface area (Å²) in [6.45, 7) is 1.61. The van der Waals surface area contributed by atoms with E-state index in [9.17, 15) is 9.59 Å². The maximum Gasteiger partial charge on any atom is 0.335 e. The molecule has 16 heavy (non-hydrogen) atoms. The van der Waals surface area contributed by atoms with Crippen LogP contribution in [-0.2, 0) is 4.79 Å². The van der Waals surface area contributed by atoms with Crippen molar-refractivity contribution in [1.82, 2.24) is 10.3 Å². The first-order valence-electron chi connectivity index (χ1n) is 4.52. The third-order valence-corrected chi connectivity index (χ3v) is 1.65. The second-order valence-corrected chi connectivity index (χ2v) is 2.95. The average Bonchev–Trinajstić information content (AvgIpc) is 2.24. The molecule has 0 fully saturated rings. The van der Waals surface area contributed by atoms with Crippen LogP contribution in [0, 0.1) is 11.8 Å². The number of aromatic carboxylic acids is 1. The number of carbonyl (C=O) groups is 2. The second-order valence-electron chi connectivity index (χ2n) is 2.95. The molecule has 1 rings (SSSR count). The Kier molecular flexibility index (Phi) is 4.04. The molecular weight excluding hydrogens is 208 g/mol. The van der Waals surface area contributed by atoms with Gasteiger partial charge in [-0.05, 0) is 18.1 Å². The normalized spacial score (nSPS) is 8.81. The van der Waals surface area contributed by atoms with Crippen LogP contribution in [0.4, 0.5) is 0 Å². The molecule has 0 saturated carbocycles. The van der Waals surface area contributed by atoms with Crippen LogP contribution < -0.4 is 5.32 Å². The van der Waals surface area contributed by atoms with E-state index in [1.54, 1.807) is 0 Å². The topological polar surface area (TPSA) is 79.3 Å². The van der Waals surface area contributed by atoms with Gasteiger partial charge in [-0.2, -0.15) is 0 Å². The number of pyridine rings is 1. The van der Waals surface area contributed by atoms with Crippen LogP contribution in [0.3, 0.4) is 0 Å². The summed E-state index contributed by atoms with van der Waals surface area (Å²) >= 11 is 0. The van der Waals surface area contributed by atoms with Gasteiger partial charge in [-0.1, -0.05) is 5.92 Å². The van der Waals surface area contributed by atoms with Gasteiger partial charge < -0.3 is 10.4 Å². The van der Waals surface area contributed by atoms with Crippen LogP contribution >= 0.6 is 0 Å². The van der Waals surface area contributed by atoms with E-state index in [0.717, 1.165) is 0 Å². The van der Waals surface area contributed by atoms with Gasteiger partial charge in [0.05, 0.1) is 12.1 Å². The monoisotopic (exact) mass is 218 g/mol. The molecule has 0 bridgehead atoms. The molecule has 5 heteroatoms. The summed E-state index contributed by atoms with van der Waals surface area (Å²) in [6.07, 6.45) is 1.38. The standard InChI is InChI=1S/C11H10N2O3/c1-8(14)12-5-2-3-10-7-9(11(15)16)4-6-13-10/h4,6-7H,5H2,1H3,(H,12,14)(H,15,16). The van der Waals surface area contributed by atoms with Crippen LogP contribution in [-0.4, -0.2) is 28.5 Å². The van der Waals surface area contributed by atoms with Crippen molar-refractivity contribution in [3.63, 3.8) is 0 Å². The summed E-state index contributed by atoms with van der Waals surface area (Å²) in [5, 5.41) is 11.2. The highest BCUT2D eigenvalue weighted by Gasteiger charge is 2.01. The van der Waals surface area contributed by atoms with Gasteiger partial charge in [-0.3, -0.25) is 4.79 Å². The first-order chi connectivity index (χ1) is 7.59. The van der Waals surface area contributed by atoms with Crippen LogP contribution in [0.1, 0.15) is 23.0 Å². The lowest BCUT2D eigenvalue weighted by Crippen LogP contribution is -2.19. The Balaban J connectivity index is 2.70. The van der Waals surface area contributed by atoms with Crippen molar-refractivity contribution in [3.05, 3.63) is 29.6 Å². The quantitative estimate of drug-likeness (QED) is 0.698. The van der Waals surface area contributed by atoms with E-state index in [2.05, 4.69) is 22.1 Å². The van der Waals surface area contributed by atoms with E-state index >= 15 is 0 Å². The van der Waals surface area contributed by atoms with Crippen molar-refractivity contribution in [2.75, 3.05) is 6.54 Å². The van der Waals surface area contributed by atoms with E-state index in [4.69, 9.17) is 5.11 Å². The molecule has 0 saturated heterocycles. The number of hydrogen-bond acceptors (Lipinski definition) is 3. The van der Waals surface area contributed by atoms with Gasteiger partial charge in [0.25, 0.3) is 0 Å². The Morgan fingerprint density at radius 2 is 2.31 bits per heavy atom. The highest BCUT2D eigenvalue weighted by Crippen LogP contribution is 1.99. The summed E-state index contributed by atoms with van der Waals surface area (Å²) in [7, 11) is 0. The molecule has 0 atom stereocenters. The predicted molar refractivity (Wildman–Crippen MR) is 56.8 cm³/mol. The number of nitrogens with zero attached hydrogens (tertiary/aromatic N) is 1. The SMILES string of the molecule is CC(=O)NCC#Cc1cc(C(=O)O)ccn1. The van der Waals surface area contributed by atoms with Gasteiger partial charge in [0.15, 0.2) is 0 Å². The Bertz CT molecular complexity index is 472. The minimum atomic E-state index is -1.02. The van der Waals surface area contributed by atoms with Crippen molar-refractivity contribution in [2.45, 2.75) is 6.92 Å². The van der Waals surface area contributed by atoms with Crippen molar-refractivity contribution in [2.24, 2.45) is 0 Å². The van der Waals surface area contributed by atoms with Crippen molar-refractivity contribution in [1.29, 1.82) is 0 Å². The minimum Gasteiger partial charge on any atom is -0.478 e. The molecule has 0 spiro atoms. The van der Waals surface area contributed by atoms with E-state index in [-0.39, 0.29) is 18.0 Å². The number of carbonyl (C=O) groups excluding carboxylic acids is 1. The van der Waals surface area contributed by atoms with Crippen molar-refractivity contribution in [3.8, 4) is 11.8 Å². The van der Waals surface area contributed by atoms with Gasteiger partial charge in [0.2, 0.25) is 5.91 Å². The second kappa shape index (κ2) is 5.51. The van der Waals surface area contributed by atoms with Crippen LogP contribution in [0.5, 0.6) is 0 Å². The molecule has 0 aromatic carbocycles. The van der Waals surface area contributed by atoms with E-state index in [0.29, 0.717) is 5.69 Å². The molecule has 1 aromatic heterocycles. The molecular formula is C11H10N2O3. The maximum absolute atomic E-state index is 10.6. The zero-order chi connectivity index (χ0) is 12.0. The van der Waals surface area contributed by atoms with E-state index in [1.165, 1.54) is 25.3 Å². The number of nitrogens with one attached hydrogen (secondary N) is 1. The van der Waals surface area contributed by atoms with Crippen molar-refractivity contribution < 1.29 is 14.7 Å². The lowest BCUT2D eigenvalue weighted by molar-refractivity contribution is -0.118. The summed E-state index contributed by atoms with van der Waals surface area (Å²) in [5.74, 6) is 4.13. The minimum absolute atomic E-state index is 0.138. The molecule has 0 aliphatic heterocycles. The van der Waals surface area contributed by atoms with Gasteiger partial charge >= 0.3 is 5.97 Å². The smallest absolute Gasteiger partial charge is 0.335 e. The molecule has 1 amide bonds. The zero-order valence-corrected chi connectivity index (χ0v) is 8.65. The number of carboxylic acid groups (broad SMARTS) is 1. The lowest BCUT2D eigenvalue weighted by Gasteiger charge is -1.94. The number of hydrogen-bond donors (Lipinski definition) is 2. The molecule has 0 aliphatic rings. The average molecular weight is 218 g/mol. The first-order valence-corrected chi connectivity index (χ1v) is 4.52. The van der Waals surface area contributed by atoms with E-state index < -0.39 is 5.97 Å². The van der Waals surface area contributed by atoms with Gasteiger partial charge in [-0.15, -0.1) is 0 Å². The number of amides is 1.